The highest BCUT2D eigenvalue weighted by atomic mass is 35.5. The van der Waals surface area contributed by atoms with Gasteiger partial charge in [0.15, 0.2) is 0 Å². The van der Waals surface area contributed by atoms with Gasteiger partial charge < -0.3 is 10.2 Å². The predicted octanol–water partition coefficient (Wildman–Crippen LogP) is -0.471. The van der Waals surface area contributed by atoms with Crippen LogP contribution in [0.4, 0.5) is 29.1 Å². The van der Waals surface area contributed by atoms with Crippen molar-refractivity contribution in [2.45, 2.75) is 58.8 Å². The molecular weight excluding hydrogens is 611 g/mol. The predicted molar refractivity (Wildman–Crippen MR) is 182 cm³/mol. The Labute approximate surface area is 266 Å². The lowest BCUT2D eigenvalue weighted by Gasteiger charge is -2.56. The summed E-state index contributed by atoms with van der Waals surface area (Å²) < 4.78 is 84.0. The van der Waals surface area contributed by atoms with E-state index in [0.29, 0.717) is 24.8 Å². The van der Waals surface area contributed by atoms with Crippen LogP contribution in [-0.2, 0) is 16.2 Å². The fourth-order valence-electron chi connectivity index (χ4n) is 6.46. The van der Waals surface area contributed by atoms with E-state index in [-0.39, 0.29) is 45.0 Å². The second-order valence-electron chi connectivity index (χ2n) is 13.1. The molecule has 2 aromatic carbocycles. The smallest absolute Gasteiger partial charge is 0.379 e. The van der Waals surface area contributed by atoms with Crippen LogP contribution in [0.25, 0.3) is 0 Å². The molecule has 1 aliphatic rings. The van der Waals surface area contributed by atoms with E-state index >= 15 is 4.39 Å². The number of hydrogen-bond acceptors (Lipinski definition) is 6. The third-order valence-corrected chi connectivity index (χ3v) is 9.43. The molecule has 1 saturated carbocycles. The van der Waals surface area contributed by atoms with Crippen LogP contribution >= 0.6 is 11.6 Å². The number of benzene rings is 2. The van der Waals surface area contributed by atoms with Gasteiger partial charge >= 0.3 is 6.18 Å². The van der Waals surface area contributed by atoms with Gasteiger partial charge in [0, 0.05) is 18.3 Å². The van der Waals surface area contributed by atoms with Gasteiger partial charge in [-0.1, -0.05) is 40.3 Å². The average Bonchev–Trinajstić information content (AvgIpc) is 2.89. The number of nitrogens with zero attached hydrogens (tertiary/aromatic N) is 3. The highest BCUT2D eigenvalue weighted by Gasteiger charge is 2.43. The van der Waals surface area contributed by atoms with Crippen molar-refractivity contribution in [1.29, 1.82) is 0 Å². The summed E-state index contributed by atoms with van der Waals surface area (Å²) in [6, 6.07) is 8.48. The van der Waals surface area contributed by atoms with Crippen LogP contribution in [0.15, 0.2) is 59.9 Å². The maximum absolute atomic E-state index is 15.4. The highest BCUT2D eigenvalue weighted by Crippen LogP contribution is 2.41. The molecule has 0 saturated heterocycles. The van der Waals surface area contributed by atoms with Gasteiger partial charge in [0.05, 0.1) is 16.3 Å². The Morgan fingerprint density at radius 1 is 0.977 bits per heavy atom. The molecule has 0 spiro atoms. The number of aromatic nitrogens is 2. The van der Waals surface area contributed by atoms with Crippen molar-refractivity contribution in [3.05, 3.63) is 77.0 Å². The molecule has 2 N–H and O–H groups in total. The zero-order chi connectivity index (χ0) is 32.7. The molecular formula is C25H32B6ClF4N5O2S. The van der Waals surface area contributed by atoms with E-state index in [1.54, 1.807) is 6.07 Å². The summed E-state index contributed by atoms with van der Waals surface area (Å²) in [7, 11) is 8.15. The monoisotopic (exact) mass is 643 g/mol. The van der Waals surface area contributed by atoms with E-state index in [1.807, 2.05) is 0 Å². The Hall–Kier alpha value is -2.57. The van der Waals surface area contributed by atoms with Crippen LogP contribution in [0, 0.1) is 5.82 Å². The molecule has 44 heavy (non-hydrogen) atoms. The van der Waals surface area contributed by atoms with E-state index in [2.05, 4.69) is 72.0 Å². The standard InChI is InChI=1S/C25H32B6ClF4N5O2S/c26-24(27,28)41(25(29,30)31)20-9-14(13-2-1-3-15(8-13)23(34,35)36)4-5-18(20)39-19-11-17(33)21(10-16(19)32)44(42,43)40-22-6-7-37-12-38-22/h1-3,6-8,10-12,14,18,20,39H,4-5,9,26-31H2,(H,37,38,40)/t14-,18-,20-/m0/s1. The molecule has 3 atom stereocenters. The summed E-state index contributed by atoms with van der Waals surface area (Å²) in [6.07, 6.45) is -0.248. The van der Waals surface area contributed by atoms with Crippen LogP contribution in [-0.4, -0.2) is 92.9 Å². The van der Waals surface area contributed by atoms with Crippen molar-refractivity contribution in [2.24, 2.45) is 0 Å². The van der Waals surface area contributed by atoms with Gasteiger partial charge in [-0.3, -0.25) is 4.72 Å². The molecule has 0 unspecified atom stereocenters. The van der Waals surface area contributed by atoms with Gasteiger partial charge in [0.2, 0.25) is 0 Å². The third kappa shape index (κ3) is 7.98. The maximum atomic E-state index is 15.4. The summed E-state index contributed by atoms with van der Waals surface area (Å²) in [6.45, 7) is 0. The normalized spacial score (nSPS) is 19.9. The van der Waals surface area contributed by atoms with Crippen LogP contribution in [0.1, 0.15) is 36.3 Å². The van der Waals surface area contributed by atoms with E-state index in [0.717, 1.165) is 24.5 Å². The minimum absolute atomic E-state index is 0.00582. The molecule has 0 aliphatic heterocycles. The Kier molecular flexibility index (Phi) is 9.88. The van der Waals surface area contributed by atoms with E-state index in [1.165, 1.54) is 24.4 Å². The first-order valence-electron chi connectivity index (χ1n) is 14.3. The summed E-state index contributed by atoms with van der Waals surface area (Å²) in [5, 5.41) is 2.71. The number of anilines is 2. The van der Waals surface area contributed by atoms with Crippen molar-refractivity contribution in [2.75, 3.05) is 10.0 Å². The van der Waals surface area contributed by atoms with Crippen LogP contribution in [0.2, 0.25) is 5.02 Å². The summed E-state index contributed by atoms with van der Waals surface area (Å²) in [4.78, 5) is 9.25. The van der Waals surface area contributed by atoms with Gasteiger partial charge in [0.25, 0.3) is 10.0 Å². The van der Waals surface area contributed by atoms with Crippen LogP contribution in [0.3, 0.4) is 0 Å². The Morgan fingerprint density at radius 3 is 2.25 bits per heavy atom. The number of rotatable bonds is 9. The zero-order valence-corrected chi connectivity index (χ0v) is 27.1. The number of hydrogen-bond donors (Lipinski definition) is 2. The van der Waals surface area contributed by atoms with E-state index in [4.69, 9.17) is 11.6 Å². The van der Waals surface area contributed by atoms with Crippen molar-refractivity contribution in [3.8, 4) is 0 Å². The minimum atomic E-state index is -4.44. The topological polar surface area (TPSA) is 87.2 Å². The van der Waals surface area contributed by atoms with Crippen molar-refractivity contribution in [3.63, 3.8) is 0 Å². The van der Waals surface area contributed by atoms with Gasteiger partial charge in [-0.05, 0) is 55.0 Å². The summed E-state index contributed by atoms with van der Waals surface area (Å²) in [5.74, 6) is -1.17. The molecule has 0 bridgehead atoms. The lowest BCUT2D eigenvalue weighted by molar-refractivity contribution is -0.137. The first-order valence-corrected chi connectivity index (χ1v) is 16.1. The second-order valence-corrected chi connectivity index (χ2v) is 15.2. The number of halogens is 5. The lowest BCUT2D eigenvalue weighted by Crippen LogP contribution is -2.70. The molecule has 1 fully saturated rings. The number of nitrogens with one attached hydrogen (secondary N) is 2. The quantitative estimate of drug-likeness (QED) is 0.243. The average molecular weight is 643 g/mol. The van der Waals surface area contributed by atoms with Gasteiger partial charge in [-0.15, -0.1) is 0 Å². The molecule has 3 aromatic rings. The maximum Gasteiger partial charge on any atom is 0.416 e. The Morgan fingerprint density at radius 2 is 1.66 bits per heavy atom. The molecule has 1 aliphatic carbocycles. The number of sulfonamides is 1. The third-order valence-electron chi connectivity index (χ3n) is 7.75. The van der Waals surface area contributed by atoms with E-state index < -0.39 is 32.5 Å². The highest BCUT2D eigenvalue weighted by molar-refractivity contribution is 7.92. The van der Waals surface area contributed by atoms with E-state index in [9.17, 15) is 21.6 Å². The SMILES string of the molecule is BC(B)(B)N([C@H]1C[C@@H](c2cccc(C(F)(F)F)c2)CC[C@@H]1Nc1cc(F)c(S(=O)(=O)Nc2ccncn2)cc1Cl)C(B)(B)B. The Bertz CT molecular complexity index is 1580. The molecule has 4 rings (SSSR count). The molecule has 19 heteroatoms. The van der Waals surface area contributed by atoms with Crippen molar-refractivity contribution >= 4 is 80.2 Å². The number of alkyl halides is 3. The lowest BCUT2D eigenvalue weighted by atomic mass is 9.40. The largest absolute Gasteiger partial charge is 0.416 e. The fraction of sp³-hybridized carbons (Fsp3) is 0.360. The molecule has 0 radical (unpaired) electrons. The molecule has 228 valence electrons. The first-order chi connectivity index (χ1) is 20.3. The minimum Gasteiger partial charge on any atom is -0.379 e. The van der Waals surface area contributed by atoms with Crippen molar-refractivity contribution < 1.29 is 26.0 Å². The summed E-state index contributed by atoms with van der Waals surface area (Å²) >= 11 is 6.55. The molecule has 7 nitrogen and oxygen atoms in total. The zero-order valence-electron chi connectivity index (χ0n) is 25.5. The van der Waals surface area contributed by atoms with Gasteiger partial charge in [-0.2, -0.15) is 13.2 Å². The van der Waals surface area contributed by atoms with Crippen LogP contribution in [0.5, 0.6) is 0 Å². The first kappa shape index (κ1) is 34.3. The molecule has 0 amide bonds. The second kappa shape index (κ2) is 12.7. The summed E-state index contributed by atoms with van der Waals surface area (Å²) in [5.41, 5.74) is 0.170. The molecule has 1 heterocycles. The molecule has 1 aromatic heterocycles. The fourth-order valence-corrected chi connectivity index (χ4v) is 7.84. The Balaban J connectivity index is 1.68. The van der Waals surface area contributed by atoms with Crippen molar-refractivity contribution in [1.82, 2.24) is 14.9 Å². The van der Waals surface area contributed by atoms with Gasteiger partial charge in [-0.25, -0.2) is 22.8 Å². The van der Waals surface area contributed by atoms with Crippen LogP contribution < -0.4 is 10.0 Å². The van der Waals surface area contributed by atoms with Gasteiger partial charge in [0.1, 0.15) is 69.9 Å².